The lowest BCUT2D eigenvalue weighted by molar-refractivity contribution is -0.119. The predicted molar refractivity (Wildman–Crippen MR) is 85.3 cm³/mol. The molecule has 1 heterocycles. The fourth-order valence-electron chi connectivity index (χ4n) is 2.50. The number of carbonyl (C=O) groups excluding carboxylic acids is 1. The van der Waals surface area contributed by atoms with Gasteiger partial charge in [0.25, 0.3) is 0 Å². The van der Waals surface area contributed by atoms with Crippen molar-refractivity contribution in [3.8, 4) is 0 Å². The second-order valence-corrected chi connectivity index (χ2v) is 6.63. The summed E-state index contributed by atoms with van der Waals surface area (Å²) in [6.07, 6.45) is 2.22. The Morgan fingerprint density at radius 2 is 2.25 bits per heavy atom. The van der Waals surface area contributed by atoms with Gasteiger partial charge in [-0.25, -0.2) is 0 Å². The smallest absolute Gasteiger partial charge is 0.230 e. The molecule has 3 nitrogen and oxygen atoms in total. The molecule has 1 aromatic carbocycles. The van der Waals surface area contributed by atoms with Crippen LogP contribution in [0.3, 0.4) is 0 Å². The molecule has 1 aliphatic heterocycles. The zero-order valence-corrected chi connectivity index (χ0v) is 13.3. The number of aryl methyl sites for hydroxylation is 2. The van der Waals surface area contributed by atoms with Crippen molar-refractivity contribution in [2.75, 3.05) is 12.3 Å². The lowest BCUT2D eigenvalue weighted by Gasteiger charge is -2.30. The molecule has 0 aromatic heterocycles. The van der Waals surface area contributed by atoms with Crippen LogP contribution in [0.5, 0.6) is 0 Å². The molecule has 0 aliphatic carbocycles. The first-order valence-electron chi connectivity index (χ1n) is 7.29. The summed E-state index contributed by atoms with van der Waals surface area (Å²) >= 11 is 1.63. The molecular weight excluding hydrogens is 268 g/mol. The van der Waals surface area contributed by atoms with Gasteiger partial charge in [0.2, 0.25) is 5.91 Å². The van der Waals surface area contributed by atoms with Gasteiger partial charge in [0.15, 0.2) is 0 Å². The summed E-state index contributed by atoms with van der Waals surface area (Å²) in [6, 6.07) is 7.02. The van der Waals surface area contributed by atoms with Crippen molar-refractivity contribution in [3.05, 3.63) is 29.3 Å². The van der Waals surface area contributed by atoms with Crippen LogP contribution in [0, 0.1) is 13.8 Å². The van der Waals surface area contributed by atoms with Crippen molar-refractivity contribution in [1.82, 2.24) is 10.6 Å². The van der Waals surface area contributed by atoms with E-state index in [4.69, 9.17) is 0 Å². The van der Waals surface area contributed by atoms with Crippen molar-refractivity contribution in [3.63, 3.8) is 0 Å². The second kappa shape index (κ2) is 7.14. The predicted octanol–water partition coefficient (Wildman–Crippen LogP) is 2.65. The van der Waals surface area contributed by atoms with E-state index < -0.39 is 0 Å². The topological polar surface area (TPSA) is 41.1 Å². The molecule has 4 heteroatoms. The van der Waals surface area contributed by atoms with Gasteiger partial charge >= 0.3 is 0 Å². The van der Waals surface area contributed by atoms with E-state index in [2.05, 4.69) is 49.6 Å². The minimum atomic E-state index is 0.136. The number of hydrogen-bond acceptors (Lipinski definition) is 3. The lowest BCUT2D eigenvalue weighted by atomic mass is 10.00. The largest absolute Gasteiger partial charge is 0.351 e. The Hall–Kier alpha value is -1.00. The van der Waals surface area contributed by atoms with E-state index in [-0.39, 0.29) is 11.9 Å². The number of rotatable bonds is 4. The molecule has 110 valence electrons. The Bertz CT molecular complexity index is 476. The van der Waals surface area contributed by atoms with Gasteiger partial charge in [0.05, 0.1) is 5.75 Å². The number of thioether (sulfide) groups is 1. The average molecular weight is 292 g/mol. The Kier molecular flexibility index (Phi) is 5.49. The summed E-state index contributed by atoms with van der Waals surface area (Å²) in [7, 11) is 0. The first-order valence-corrected chi connectivity index (χ1v) is 8.27. The maximum atomic E-state index is 12.1. The standard InChI is InChI=1S/C16H24N2OS/c1-11-6-7-12(2)15(9-11)20-10-16(19)18-14-5-4-8-17-13(14)3/h6-7,9,13-14,17H,4-5,8,10H2,1-3H3,(H,18,19). The molecule has 1 fully saturated rings. The summed E-state index contributed by atoms with van der Waals surface area (Å²) < 4.78 is 0. The second-order valence-electron chi connectivity index (χ2n) is 5.62. The Labute approximate surface area is 125 Å². The van der Waals surface area contributed by atoms with Crippen LogP contribution in [0.2, 0.25) is 0 Å². The highest BCUT2D eigenvalue weighted by atomic mass is 32.2. The van der Waals surface area contributed by atoms with Crippen molar-refractivity contribution >= 4 is 17.7 Å². The monoisotopic (exact) mass is 292 g/mol. The molecule has 2 rings (SSSR count). The van der Waals surface area contributed by atoms with Crippen molar-refractivity contribution in [2.45, 2.75) is 50.6 Å². The van der Waals surface area contributed by atoms with Crippen LogP contribution >= 0.6 is 11.8 Å². The highest BCUT2D eigenvalue weighted by Gasteiger charge is 2.22. The normalized spacial score (nSPS) is 22.6. The third-order valence-electron chi connectivity index (χ3n) is 3.81. The summed E-state index contributed by atoms with van der Waals surface area (Å²) in [6.45, 7) is 7.37. The van der Waals surface area contributed by atoms with E-state index in [1.54, 1.807) is 11.8 Å². The lowest BCUT2D eigenvalue weighted by Crippen LogP contribution is -2.52. The molecule has 2 atom stereocenters. The minimum absolute atomic E-state index is 0.136. The molecule has 1 aromatic rings. The molecule has 1 saturated heterocycles. The fraction of sp³-hybridized carbons (Fsp3) is 0.562. The van der Waals surface area contributed by atoms with E-state index in [1.165, 1.54) is 16.0 Å². The Balaban J connectivity index is 1.84. The van der Waals surface area contributed by atoms with E-state index in [0.29, 0.717) is 11.8 Å². The SMILES string of the molecule is Cc1ccc(C)c(SCC(=O)NC2CCCNC2C)c1. The highest BCUT2D eigenvalue weighted by molar-refractivity contribution is 8.00. The zero-order chi connectivity index (χ0) is 14.5. The summed E-state index contributed by atoms with van der Waals surface area (Å²) in [5.41, 5.74) is 2.48. The number of benzene rings is 1. The third kappa shape index (κ3) is 4.25. The molecule has 0 saturated carbocycles. The van der Waals surface area contributed by atoms with Gasteiger partial charge in [0.1, 0.15) is 0 Å². The van der Waals surface area contributed by atoms with Crippen LogP contribution in [-0.2, 0) is 4.79 Å². The number of amides is 1. The molecule has 0 spiro atoms. The first kappa shape index (κ1) is 15.4. The zero-order valence-electron chi connectivity index (χ0n) is 12.5. The van der Waals surface area contributed by atoms with Crippen LogP contribution in [0.25, 0.3) is 0 Å². The Morgan fingerprint density at radius 3 is 3.00 bits per heavy atom. The summed E-state index contributed by atoms with van der Waals surface area (Å²) in [5, 5.41) is 6.56. The highest BCUT2D eigenvalue weighted by Crippen LogP contribution is 2.23. The maximum absolute atomic E-state index is 12.1. The van der Waals surface area contributed by atoms with Gasteiger partial charge in [-0.05, 0) is 51.8 Å². The average Bonchev–Trinajstić information content (AvgIpc) is 2.42. The van der Waals surface area contributed by atoms with Crippen LogP contribution in [-0.4, -0.2) is 30.3 Å². The number of piperidine rings is 1. The van der Waals surface area contributed by atoms with Crippen molar-refractivity contribution < 1.29 is 4.79 Å². The molecule has 20 heavy (non-hydrogen) atoms. The van der Waals surface area contributed by atoms with Gasteiger partial charge < -0.3 is 10.6 Å². The molecule has 2 N–H and O–H groups in total. The molecular formula is C16H24N2OS. The van der Waals surface area contributed by atoms with Gasteiger partial charge in [0, 0.05) is 17.0 Å². The van der Waals surface area contributed by atoms with E-state index in [1.807, 2.05) is 0 Å². The number of hydrogen-bond donors (Lipinski definition) is 2. The molecule has 1 amide bonds. The van der Waals surface area contributed by atoms with E-state index in [9.17, 15) is 4.79 Å². The fourth-order valence-corrected chi connectivity index (χ4v) is 3.43. The van der Waals surface area contributed by atoms with Crippen molar-refractivity contribution in [2.24, 2.45) is 0 Å². The molecule has 1 aliphatic rings. The van der Waals surface area contributed by atoms with Crippen LogP contribution in [0.15, 0.2) is 23.1 Å². The summed E-state index contributed by atoms with van der Waals surface area (Å²) in [4.78, 5) is 13.3. The first-order chi connectivity index (χ1) is 9.56. The van der Waals surface area contributed by atoms with Crippen LogP contribution < -0.4 is 10.6 Å². The summed E-state index contributed by atoms with van der Waals surface area (Å²) in [5.74, 6) is 0.629. The van der Waals surface area contributed by atoms with Gasteiger partial charge in [-0.2, -0.15) is 0 Å². The number of nitrogens with one attached hydrogen (secondary N) is 2. The quantitative estimate of drug-likeness (QED) is 0.838. The van der Waals surface area contributed by atoms with Crippen LogP contribution in [0.1, 0.15) is 30.9 Å². The van der Waals surface area contributed by atoms with Crippen molar-refractivity contribution in [1.29, 1.82) is 0 Å². The third-order valence-corrected chi connectivity index (χ3v) is 4.97. The molecule has 0 bridgehead atoms. The van der Waals surface area contributed by atoms with E-state index in [0.717, 1.165) is 19.4 Å². The van der Waals surface area contributed by atoms with Gasteiger partial charge in [-0.3, -0.25) is 4.79 Å². The minimum Gasteiger partial charge on any atom is -0.351 e. The number of carbonyl (C=O) groups is 1. The van der Waals surface area contributed by atoms with E-state index >= 15 is 0 Å². The van der Waals surface area contributed by atoms with Crippen LogP contribution in [0.4, 0.5) is 0 Å². The molecule has 0 radical (unpaired) electrons. The van der Waals surface area contributed by atoms with Gasteiger partial charge in [-0.1, -0.05) is 17.7 Å². The van der Waals surface area contributed by atoms with Gasteiger partial charge in [-0.15, -0.1) is 11.8 Å². The molecule has 2 unspecified atom stereocenters. The Morgan fingerprint density at radius 1 is 1.45 bits per heavy atom. The maximum Gasteiger partial charge on any atom is 0.230 e.